The fourth-order valence-electron chi connectivity index (χ4n) is 3.26. The monoisotopic (exact) mass is 270 g/mol. The molecule has 2 fully saturated rings. The highest BCUT2D eigenvalue weighted by Gasteiger charge is 2.43. The molecule has 0 radical (unpaired) electrons. The van der Waals surface area contributed by atoms with Crippen LogP contribution in [0.1, 0.15) is 26.2 Å². The SMILES string of the molecule is CC1CN(C)CCCN1CC1(C(=O)O)CCCOC1. The van der Waals surface area contributed by atoms with E-state index < -0.39 is 11.4 Å². The van der Waals surface area contributed by atoms with Crippen molar-refractivity contribution in [3.63, 3.8) is 0 Å². The van der Waals surface area contributed by atoms with Crippen LogP contribution < -0.4 is 0 Å². The highest BCUT2D eigenvalue weighted by atomic mass is 16.5. The number of rotatable bonds is 3. The van der Waals surface area contributed by atoms with E-state index in [-0.39, 0.29) is 0 Å². The molecule has 5 heteroatoms. The Morgan fingerprint density at radius 3 is 2.84 bits per heavy atom. The first-order valence-corrected chi connectivity index (χ1v) is 7.27. The summed E-state index contributed by atoms with van der Waals surface area (Å²) in [5.74, 6) is -0.697. The number of likely N-dealkylation sites (N-methyl/N-ethyl adjacent to an activating group) is 1. The Bertz CT molecular complexity index is 316. The van der Waals surface area contributed by atoms with Gasteiger partial charge in [0.25, 0.3) is 0 Å². The van der Waals surface area contributed by atoms with Crippen LogP contribution in [-0.4, -0.2) is 73.4 Å². The van der Waals surface area contributed by atoms with E-state index in [0.717, 1.165) is 38.9 Å². The summed E-state index contributed by atoms with van der Waals surface area (Å²) in [5, 5.41) is 9.61. The lowest BCUT2D eigenvalue weighted by molar-refractivity contribution is -0.159. The van der Waals surface area contributed by atoms with E-state index in [4.69, 9.17) is 4.74 Å². The van der Waals surface area contributed by atoms with E-state index in [0.29, 0.717) is 25.8 Å². The maximum atomic E-state index is 11.7. The Hall–Kier alpha value is -0.650. The molecular weight excluding hydrogens is 244 g/mol. The molecular formula is C14H26N2O3. The van der Waals surface area contributed by atoms with E-state index in [2.05, 4.69) is 23.8 Å². The van der Waals surface area contributed by atoms with Gasteiger partial charge in [0.05, 0.1) is 6.61 Å². The third kappa shape index (κ3) is 3.46. The molecule has 0 saturated carbocycles. The lowest BCUT2D eigenvalue weighted by atomic mass is 9.81. The molecule has 110 valence electrons. The topological polar surface area (TPSA) is 53.0 Å². The summed E-state index contributed by atoms with van der Waals surface area (Å²) < 4.78 is 5.46. The van der Waals surface area contributed by atoms with Gasteiger partial charge in [-0.05, 0) is 46.3 Å². The summed E-state index contributed by atoms with van der Waals surface area (Å²) in [6.07, 6.45) is 2.70. The highest BCUT2D eigenvalue weighted by molar-refractivity contribution is 5.75. The highest BCUT2D eigenvalue weighted by Crippen LogP contribution is 2.31. The Morgan fingerprint density at radius 2 is 2.21 bits per heavy atom. The molecule has 0 spiro atoms. The van der Waals surface area contributed by atoms with Crippen molar-refractivity contribution in [3.8, 4) is 0 Å². The van der Waals surface area contributed by atoms with Crippen LogP contribution in [0.4, 0.5) is 0 Å². The molecule has 2 aliphatic heterocycles. The first-order valence-electron chi connectivity index (χ1n) is 7.27. The molecule has 19 heavy (non-hydrogen) atoms. The molecule has 1 N–H and O–H groups in total. The van der Waals surface area contributed by atoms with Gasteiger partial charge in [-0.25, -0.2) is 0 Å². The second-order valence-electron chi connectivity index (χ2n) is 6.18. The molecule has 2 saturated heterocycles. The third-order valence-corrected chi connectivity index (χ3v) is 4.47. The molecule has 2 unspecified atom stereocenters. The number of aliphatic carboxylic acids is 1. The van der Waals surface area contributed by atoms with Crippen molar-refractivity contribution >= 4 is 5.97 Å². The van der Waals surface area contributed by atoms with E-state index >= 15 is 0 Å². The van der Waals surface area contributed by atoms with E-state index in [1.54, 1.807) is 0 Å². The van der Waals surface area contributed by atoms with Crippen LogP contribution in [0.15, 0.2) is 0 Å². The van der Waals surface area contributed by atoms with Gasteiger partial charge in [-0.15, -0.1) is 0 Å². The first-order chi connectivity index (χ1) is 9.03. The fourth-order valence-corrected chi connectivity index (χ4v) is 3.26. The summed E-state index contributed by atoms with van der Waals surface area (Å²) in [7, 11) is 2.14. The Labute approximate surface area is 115 Å². The average molecular weight is 270 g/mol. The predicted molar refractivity (Wildman–Crippen MR) is 73.3 cm³/mol. The first kappa shape index (κ1) is 14.8. The number of carboxylic acids is 1. The molecule has 0 aromatic carbocycles. The number of nitrogens with zero attached hydrogens (tertiary/aromatic N) is 2. The van der Waals surface area contributed by atoms with Crippen molar-refractivity contribution in [2.45, 2.75) is 32.2 Å². The number of carboxylic acid groups (broad SMARTS) is 1. The van der Waals surface area contributed by atoms with Crippen LogP contribution in [0.2, 0.25) is 0 Å². The number of ether oxygens (including phenoxy) is 1. The van der Waals surface area contributed by atoms with Gasteiger partial charge in [0.2, 0.25) is 0 Å². The maximum absolute atomic E-state index is 11.7. The lowest BCUT2D eigenvalue weighted by Gasteiger charge is -2.39. The minimum atomic E-state index is -0.699. The largest absolute Gasteiger partial charge is 0.481 e. The van der Waals surface area contributed by atoms with E-state index in [1.165, 1.54) is 0 Å². The Kier molecular flexibility index (Phi) is 4.81. The van der Waals surface area contributed by atoms with Crippen molar-refractivity contribution < 1.29 is 14.6 Å². The van der Waals surface area contributed by atoms with Crippen molar-refractivity contribution in [1.82, 2.24) is 9.80 Å². The molecule has 0 aromatic heterocycles. The molecule has 2 heterocycles. The zero-order chi connectivity index (χ0) is 13.9. The number of hydrogen-bond donors (Lipinski definition) is 1. The van der Waals surface area contributed by atoms with Crippen LogP contribution in [0, 0.1) is 5.41 Å². The minimum absolute atomic E-state index is 0.362. The standard InChI is InChI=1S/C14H26N2O3/c1-12-9-15(2)6-4-7-16(12)10-14(13(17)18)5-3-8-19-11-14/h12H,3-11H2,1-2H3,(H,17,18). The quantitative estimate of drug-likeness (QED) is 0.825. The molecule has 2 aliphatic rings. The Morgan fingerprint density at radius 1 is 1.42 bits per heavy atom. The van der Waals surface area contributed by atoms with Gasteiger partial charge in [-0.2, -0.15) is 0 Å². The second kappa shape index (κ2) is 6.20. The fraction of sp³-hybridized carbons (Fsp3) is 0.929. The van der Waals surface area contributed by atoms with Crippen molar-refractivity contribution in [3.05, 3.63) is 0 Å². The van der Waals surface area contributed by atoms with E-state index in [1.807, 2.05) is 0 Å². The zero-order valence-electron chi connectivity index (χ0n) is 12.1. The van der Waals surface area contributed by atoms with Crippen LogP contribution in [0.5, 0.6) is 0 Å². The lowest BCUT2D eigenvalue weighted by Crippen LogP contribution is -2.51. The van der Waals surface area contributed by atoms with Crippen molar-refractivity contribution in [2.24, 2.45) is 5.41 Å². The van der Waals surface area contributed by atoms with E-state index in [9.17, 15) is 9.90 Å². The number of carbonyl (C=O) groups is 1. The maximum Gasteiger partial charge on any atom is 0.313 e. The molecule has 0 aromatic rings. The summed E-state index contributed by atoms with van der Waals surface area (Å²) in [5.41, 5.74) is -0.699. The third-order valence-electron chi connectivity index (χ3n) is 4.47. The molecule has 2 atom stereocenters. The van der Waals surface area contributed by atoms with Gasteiger partial charge in [0.1, 0.15) is 5.41 Å². The molecule has 5 nitrogen and oxygen atoms in total. The molecule has 0 bridgehead atoms. The normalized spacial score (nSPS) is 34.9. The van der Waals surface area contributed by atoms with Gasteiger partial charge in [0, 0.05) is 25.7 Å². The smallest absolute Gasteiger partial charge is 0.313 e. The van der Waals surface area contributed by atoms with Crippen LogP contribution in [0.25, 0.3) is 0 Å². The molecule has 0 amide bonds. The van der Waals surface area contributed by atoms with Gasteiger partial charge in [-0.3, -0.25) is 9.69 Å². The summed E-state index contributed by atoms with van der Waals surface area (Å²) in [6, 6.07) is 0.408. The van der Waals surface area contributed by atoms with Gasteiger partial charge in [-0.1, -0.05) is 0 Å². The van der Waals surface area contributed by atoms with Crippen LogP contribution in [-0.2, 0) is 9.53 Å². The molecule has 0 aliphatic carbocycles. The summed E-state index contributed by atoms with van der Waals surface area (Å²) in [4.78, 5) is 16.4. The van der Waals surface area contributed by atoms with Gasteiger partial charge in [0.15, 0.2) is 0 Å². The summed E-state index contributed by atoms with van der Waals surface area (Å²) in [6.45, 7) is 6.97. The average Bonchev–Trinajstić information content (AvgIpc) is 2.52. The predicted octanol–water partition coefficient (Wildman–Crippen LogP) is 0.894. The number of hydrogen-bond acceptors (Lipinski definition) is 4. The minimum Gasteiger partial charge on any atom is -0.481 e. The zero-order valence-corrected chi connectivity index (χ0v) is 12.1. The van der Waals surface area contributed by atoms with Gasteiger partial charge >= 0.3 is 5.97 Å². The van der Waals surface area contributed by atoms with Crippen LogP contribution >= 0.6 is 0 Å². The van der Waals surface area contributed by atoms with Crippen LogP contribution in [0.3, 0.4) is 0 Å². The van der Waals surface area contributed by atoms with Crippen molar-refractivity contribution in [1.29, 1.82) is 0 Å². The Balaban J connectivity index is 2.05. The molecule has 2 rings (SSSR count). The second-order valence-corrected chi connectivity index (χ2v) is 6.18. The van der Waals surface area contributed by atoms with Crippen molar-refractivity contribution in [2.75, 3.05) is 46.4 Å². The van der Waals surface area contributed by atoms with Gasteiger partial charge < -0.3 is 14.7 Å². The summed E-state index contributed by atoms with van der Waals surface area (Å²) >= 11 is 0.